The minimum Gasteiger partial charge on any atom is -0.309 e. The van der Waals surface area contributed by atoms with Gasteiger partial charge in [0, 0.05) is 76.6 Å². The van der Waals surface area contributed by atoms with Gasteiger partial charge in [-0.2, -0.15) is 0 Å². The summed E-state index contributed by atoms with van der Waals surface area (Å²) < 4.78 is 12.2. The fraction of sp³-hybridized carbons (Fsp3) is 0. The minimum atomic E-state index is 1.12. The second kappa shape index (κ2) is 16.1. The number of nitrogens with zero attached hydrogens (tertiary/aromatic N) is 5. The highest BCUT2D eigenvalue weighted by atomic mass is 15.0. The van der Waals surface area contributed by atoms with Gasteiger partial charge in [-0.25, -0.2) is 0 Å². The molecule has 0 amide bonds. The second-order valence-electron chi connectivity index (χ2n) is 20.5. The van der Waals surface area contributed by atoms with Crippen LogP contribution in [-0.4, -0.2) is 22.8 Å². The van der Waals surface area contributed by atoms with Gasteiger partial charge in [-0.3, -0.25) is 0 Å². The molecule has 17 rings (SSSR count). The summed E-state index contributed by atoms with van der Waals surface area (Å²) in [5.41, 5.74) is 19.9. The van der Waals surface area contributed by atoms with E-state index in [1.165, 1.54) is 126 Å². The summed E-state index contributed by atoms with van der Waals surface area (Å²) in [7, 11) is 0. The molecule has 0 aliphatic carbocycles. The van der Waals surface area contributed by atoms with Gasteiger partial charge in [-0.05, 0) is 126 Å². The predicted molar refractivity (Wildman–Crippen MR) is 324 cm³/mol. The molecule has 0 N–H and O–H groups in total. The molecule has 358 valence electrons. The van der Waals surface area contributed by atoms with Crippen LogP contribution in [0, 0.1) is 0 Å². The van der Waals surface area contributed by atoms with Crippen molar-refractivity contribution < 1.29 is 0 Å². The Kier molecular flexibility index (Phi) is 8.77. The third kappa shape index (κ3) is 5.99. The second-order valence-corrected chi connectivity index (χ2v) is 20.5. The molecule has 12 aromatic carbocycles. The van der Waals surface area contributed by atoms with Crippen LogP contribution in [0.3, 0.4) is 0 Å². The molecule has 0 saturated carbocycles. The maximum absolute atomic E-state index is 2.46. The van der Waals surface area contributed by atoms with E-state index >= 15 is 0 Å². The van der Waals surface area contributed by atoms with Crippen molar-refractivity contribution in [3.63, 3.8) is 0 Å². The predicted octanol–water partition coefficient (Wildman–Crippen LogP) is 18.8. The fourth-order valence-electron chi connectivity index (χ4n) is 13.3. The molecule has 5 aromatic heterocycles. The van der Waals surface area contributed by atoms with E-state index in [9.17, 15) is 0 Å². The van der Waals surface area contributed by atoms with Crippen LogP contribution < -0.4 is 0 Å². The molecular weight excluding hydrogens is 935 g/mol. The molecule has 0 aliphatic rings. The molecule has 0 saturated heterocycles. The Morgan fingerprint density at radius 1 is 0.169 bits per heavy atom. The number of hydrogen-bond donors (Lipinski definition) is 0. The van der Waals surface area contributed by atoms with Crippen molar-refractivity contribution in [3.8, 4) is 39.6 Å². The first-order valence-electron chi connectivity index (χ1n) is 26.5. The number of benzene rings is 12. The van der Waals surface area contributed by atoms with Gasteiger partial charge in [0.2, 0.25) is 0 Å². The molecule has 5 nitrogen and oxygen atoms in total. The normalized spacial score (nSPS) is 12.2. The topological polar surface area (TPSA) is 24.6 Å². The molecule has 77 heavy (non-hydrogen) atoms. The fourth-order valence-corrected chi connectivity index (χ4v) is 13.3. The van der Waals surface area contributed by atoms with Crippen LogP contribution in [0.25, 0.3) is 149 Å². The standard InChI is InChI=1S/C72H45N5/c1-8-29-61-52(22-1)53-23-2-9-30-62(53)74(61)49-20-16-21-50(44-49)75-63-31-10-5-26-56(63)59-43-47(38-40-68(59)75)46-18-15-19-48(42-46)73-64-32-11-6-27-57(64)60-45-51(39-41-69(60)73)76-67-35-14-7-28-58(67)72-70(76)36-17-37-71(72)77-65-33-12-3-24-54(65)55-25-4-13-34-66(55)77/h1-45H. The van der Waals surface area contributed by atoms with Crippen molar-refractivity contribution in [1.82, 2.24) is 22.8 Å². The maximum Gasteiger partial charge on any atom is 0.0562 e. The first kappa shape index (κ1) is 42.0. The number of hydrogen-bond acceptors (Lipinski definition) is 0. The third-order valence-electron chi connectivity index (χ3n) is 16.4. The van der Waals surface area contributed by atoms with Crippen molar-refractivity contribution in [2.75, 3.05) is 0 Å². The van der Waals surface area contributed by atoms with Crippen molar-refractivity contribution in [2.45, 2.75) is 0 Å². The number of fused-ring (bicyclic) bond motifs is 15. The summed E-state index contributed by atoms with van der Waals surface area (Å²) in [6.45, 7) is 0. The van der Waals surface area contributed by atoms with Crippen LogP contribution in [0.2, 0.25) is 0 Å². The largest absolute Gasteiger partial charge is 0.309 e. The summed E-state index contributed by atoms with van der Waals surface area (Å²) in [6, 6.07) is 100. The molecular formula is C72H45N5. The first-order chi connectivity index (χ1) is 38.2. The summed E-state index contributed by atoms with van der Waals surface area (Å²) in [5.74, 6) is 0. The van der Waals surface area contributed by atoms with E-state index in [0.717, 1.165) is 22.7 Å². The molecule has 0 aliphatic heterocycles. The van der Waals surface area contributed by atoms with Gasteiger partial charge in [-0.15, -0.1) is 0 Å². The molecule has 0 unspecified atom stereocenters. The highest BCUT2D eigenvalue weighted by Gasteiger charge is 2.22. The highest BCUT2D eigenvalue weighted by molar-refractivity contribution is 6.18. The number of aromatic nitrogens is 5. The van der Waals surface area contributed by atoms with E-state index < -0.39 is 0 Å². The van der Waals surface area contributed by atoms with Crippen LogP contribution in [-0.2, 0) is 0 Å². The van der Waals surface area contributed by atoms with Crippen molar-refractivity contribution in [1.29, 1.82) is 0 Å². The van der Waals surface area contributed by atoms with Crippen molar-refractivity contribution >= 4 is 109 Å². The zero-order valence-electron chi connectivity index (χ0n) is 41.7. The monoisotopic (exact) mass is 979 g/mol. The molecule has 0 bridgehead atoms. The van der Waals surface area contributed by atoms with Crippen LogP contribution >= 0.6 is 0 Å². The third-order valence-corrected chi connectivity index (χ3v) is 16.4. The Morgan fingerprint density at radius 3 is 1.01 bits per heavy atom. The van der Waals surface area contributed by atoms with E-state index in [1.54, 1.807) is 0 Å². The maximum atomic E-state index is 2.46. The Balaban J connectivity index is 0.792. The molecule has 0 radical (unpaired) electrons. The van der Waals surface area contributed by atoms with Crippen LogP contribution in [0.15, 0.2) is 273 Å². The van der Waals surface area contributed by atoms with Crippen molar-refractivity contribution in [3.05, 3.63) is 273 Å². The van der Waals surface area contributed by atoms with E-state index in [0.29, 0.717) is 0 Å². The lowest BCUT2D eigenvalue weighted by Gasteiger charge is -2.13. The Bertz CT molecular complexity index is 5200. The summed E-state index contributed by atoms with van der Waals surface area (Å²) >= 11 is 0. The van der Waals surface area contributed by atoms with Gasteiger partial charge in [-0.1, -0.05) is 158 Å². The average Bonchev–Trinajstić information content (AvgIpc) is 4.41. The molecule has 5 heteroatoms. The van der Waals surface area contributed by atoms with Gasteiger partial charge >= 0.3 is 0 Å². The van der Waals surface area contributed by atoms with Crippen LogP contribution in [0.4, 0.5) is 0 Å². The molecule has 0 atom stereocenters. The molecule has 17 aromatic rings. The lowest BCUT2D eigenvalue weighted by Crippen LogP contribution is -1.98. The summed E-state index contributed by atoms with van der Waals surface area (Å²) in [4.78, 5) is 0. The van der Waals surface area contributed by atoms with E-state index in [4.69, 9.17) is 0 Å². The van der Waals surface area contributed by atoms with Gasteiger partial charge in [0.1, 0.15) is 0 Å². The van der Waals surface area contributed by atoms with Gasteiger partial charge < -0.3 is 22.8 Å². The average molecular weight is 980 g/mol. The zero-order chi connectivity index (χ0) is 50.3. The highest BCUT2D eigenvalue weighted by Crippen LogP contribution is 2.43. The quantitative estimate of drug-likeness (QED) is 0.159. The first-order valence-corrected chi connectivity index (χ1v) is 26.5. The van der Waals surface area contributed by atoms with Gasteiger partial charge in [0.05, 0.1) is 60.9 Å². The van der Waals surface area contributed by atoms with Gasteiger partial charge in [0.25, 0.3) is 0 Å². The van der Waals surface area contributed by atoms with Crippen LogP contribution in [0.5, 0.6) is 0 Å². The summed E-state index contributed by atoms with van der Waals surface area (Å²) in [6.07, 6.45) is 0. The summed E-state index contributed by atoms with van der Waals surface area (Å²) in [5, 5.41) is 12.4. The SMILES string of the molecule is c1cc(-c2ccc3c(c2)c2ccccc2n3-c2cccc(-n3c4ccccc4c4ccccc43)c2)cc(-n2c3ccccc3c3cc(-n4c5ccccc5c5c(-n6c7ccccc7c7ccccc76)cccc54)ccc32)c1. The Hall–Kier alpha value is -10.4. The minimum absolute atomic E-state index is 1.12. The Morgan fingerprint density at radius 2 is 0.494 bits per heavy atom. The Labute approximate surface area is 442 Å². The van der Waals surface area contributed by atoms with E-state index in [1.807, 2.05) is 0 Å². The number of rotatable bonds is 6. The lowest BCUT2D eigenvalue weighted by atomic mass is 10.0. The van der Waals surface area contributed by atoms with E-state index in [2.05, 4.69) is 296 Å². The van der Waals surface area contributed by atoms with E-state index in [-0.39, 0.29) is 0 Å². The zero-order valence-corrected chi connectivity index (χ0v) is 41.7. The number of para-hydroxylation sites is 7. The molecule has 5 heterocycles. The van der Waals surface area contributed by atoms with Gasteiger partial charge in [0.15, 0.2) is 0 Å². The molecule has 0 spiro atoms. The molecule has 0 fully saturated rings. The lowest BCUT2D eigenvalue weighted by molar-refractivity contribution is 1.13. The van der Waals surface area contributed by atoms with Crippen LogP contribution in [0.1, 0.15) is 0 Å². The van der Waals surface area contributed by atoms with Crippen molar-refractivity contribution in [2.24, 2.45) is 0 Å². The smallest absolute Gasteiger partial charge is 0.0562 e.